The molecule has 0 spiro atoms. The van der Waals surface area contributed by atoms with Crippen molar-refractivity contribution in [3.63, 3.8) is 0 Å². The van der Waals surface area contributed by atoms with Gasteiger partial charge in [0.2, 0.25) is 11.8 Å². The van der Waals surface area contributed by atoms with Gasteiger partial charge >= 0.3 is 0 Å². The van der Waals surface area contributed by atoms with Crippen LogP contribution in [0.2, 0.25) is 10.0 Å². The van der Waals surface area contributed by atoms with Crippen LogP contribution < -0.4 is 5.32 Å². The molecule has 1 saturated heterocycles. The van der Waals surface area contributed by atoms with Gasteiger partial charge in [0.1, 0.15) is 0 Å². The summed E-state index contributed by atoms with van der Waals surface area (Å²) in [6, 6.07) is 5.03. The Bertz CT molecular complexity index is 629. The number of carbonyl (C=O) groups excluding carboxylic acids is 2. The number of likely N-dealkylation sites (tertiary alicyclic amines) is 1. The standard InChI is InChI=1S/C20H26Cl2N2O2/c21-16-11-17(22)13-18(12-16)23-19(25)14-5-7-15(8-6-14)20(26)24-9-3-1-2-4-10-24/h11-15H,1-10H2,(H,23,25). The van der Waals surface area contributed by atoms with E-state index in [9.17, 15) is 9.59 Å². The molecule has 1 heterocycles. The van der Waals surface area contributed by atoms with Crippen LogP contribution in [0.5, 0.6) is 0 Å². The van der Waals surface area contributed by atoms with Gasteiger partial charge < -0.3 is 10.2 Å². The highest BCUT2D eigenvalue weighted by molar-refractivity contribution is 6.35. The molecule has 0 aromatic heterocycles. The summed E-state index contributed by atoms with van der Waals surface area (Å²) >= 11 is 12.0. The zero-order valence-corrected chi connectivity index (χ0v) is 16.5. The second-order valence-electron chi connectivity index (χ2n) is 7.44. The third-order valence-electron chi connectivity index (χ3n) is 5.50. The van der Waals surface area contributed by atoms with Crippen molar-refractivity contribution < 1.29 is 9.59 Å². The number of nitrogens with one attached hydrogen (secondary N) is 1. The first-order chi connectivity index (χ1) is 12.5. The number of amides is 2. The van der Waals surface area contributed by atoms with Gasteiger partial charge in [0, 0.05) is 40.7 Å². The van der Waals surface area contributed by atoms with Gasteiger partial charge in [-0.15, -0.1) is 0 Å². The molecule has 4 nitrogen and oxygen atoms in total. The maximum absolute atomic E-state index is 12.7. The Kier molecular flexibility index (Phi) is 6.82. The lowest BCUT2D eigenvalue weighted by Gasteiger charge is -2.31. The minimum atomic E-state index is -0.0547. The van der Waals surface area contributed by atoms with Gasteiger partial charge in [-0.05, 0) is 56.7 Å². The summed E-state index contributed by atoms with van der Waals surface area (Å²) < 4.78 is 0. The zero-order valence-electron chi connectivity index (χ0n) is 15.0. The van der Waals surface area contributed by atoms with E-state index in [4.69, 9.17) is 23.2 Å². The molecule has 6 heteroatoms. The SMILES string of the molecule is O=C(Nc1cc(Cl)cc(Cl)c1)C1CCC(C(=O)N2CCCCCC2)CC1. The molecule has 3 rings (SSSR count). The lowest BCUT2D eigenvalue weighted by atomic mass is 9.81. The molecule has 0 radical (unpaired) electrons. The number of hydrogen-bond donors (Lipinski definition) is 1. The average Bonchev–Trinajstić information content (AvgIpc) is 2.89. The molecule has 0 bridgehead atoms. The molecule has 2 amide bonds. The van der Waals surface area contributed by atoms with Crippen molar-refractivity contribution in [2.75, 3.05) is 18.4 Å². The molecule has 0 atom stereocenters. The monoisotopic (exact) mass is 396 g/mol. The topological polar surface area (TPSA) is 49.4 Å². The highest BCUT2D eigenvalue weighted by Gasteiger charge is 2.32. The van der Waals surface area contributed by atoms with Crippen LogP contribution in [0.1, 0.15) is 51.4 Å². The highest BCUT2D eigenvalue weighted by atomic mass is 35.5. The number of hydrogen-bond acceptors (Lipinski definition) is 2. The Balaban J connectivity index is 1.51. The molecule has 1 aliphatic carbocycles. The van der Waals surface area contributed by atoms with E-state index in [1.54, 1.807) is 18.2 Å². The van der Waals surface area contributed by atoms with E-state index in [2.05, 4.69) is 5.32 Å². The predicted molar refractivity (Wildman–Crippen MR) is 106 cm³/mol. The van der Waals surface area contributed by atoms with Crippen molar-refractivity contribution in [3.05, 3.63) is 28.2 Å². The largest absolute Gasteiger partial charge is 0.342 e. The van der Waals surface area contributed by atoms with Crippen LogP contribution in [0.15, 0.2) is 18.2 Å². The Morgan fingerprint density at radius 3 is 1.96 bits per heavy atom. The van der Waals surface area contributed by atoms with E-state index in [0.29, 0.717) is 21.6 Å². The average molecular weight is 397 g/mol. The van der Waals surface area contributed by atoms with E-state index in [-0.39, 0.29) is 17.7 Å². The molecule has 0 unspecified atom stereocenters. The fourth-order valence-corrected chi connectivity index (χ4v) is 4.55. The van der Waals surface area contributed by atoms with Gasteiger partial charge in [0.25, 0.3) is 0 Å². The molecule has 1 saturated carbocycles. The van der Waals surface area contributed by atoms with Crippen molar-refractivity contribution in [3.8, 4) is 0 Å². The molecular weight excluding hydrogens is 371 g/mol. The quantitative estimate of drug-likeness (QED) is 0.768. The van der Waals surface area contributed by atoms with Crippen molar-refractivity contribution >= 4 is 40.7 Å². The van der Waals surface area contributed by atoms with Crippen LogP contribution in [0, 0.1) is 11.8 Å². The van der Waals surface area contributed by atoms with Crippen LogP contribution in [0.25, 0.3) is 0 Å². The van der Waals surface area contributed by atoms with Crippen LogP contribution >= 0.6 is 23.2 Å². The first kappa shape index (κ1) is 19.5. The zero-order chi connectivity index (χ0) is 18.5. The summed E-state index contributed by atoms with van der Waals surface area (Å²) in [4.78, 5) is 27.3. The predicted octanol–water partition coefficient (Wildman–Crippen LogP) is 5.14. The Morgan fingerprint density at radius 2 is 1.38 bits per heavy atom. The minimum absolute atomic E-state index is 0.0102. The van der Waals surface area contributed by atoms with Crippen LogP contribution in [-0.2, 0) is 9.59 Å². The summed E-state index contributed by atoms with van der Waals surface area (Å²) in [5, 5.41) is 3.90. The maximum atomic E-state index is 12.7. The molecule has 2 aliphatic rings. The fourth-order valence-electron chi connectivity index (χ4n) is 4.02. The first-order valence-corrected chi connectivity index (χ1v) is 10.3. The lowest BCUT2D eigenvalue weighted by Crippen LogP contribution is -2.39. The lowest BCUT2D eigenvalue weighted by molar-refractivity contribution is -0.137. The first-order valence-electron chi connectivity index (χ1n) is 9.58. The van der Waals surface area contributed by atoms with Crippen LogP contribution in [0.3, 0.4) is 0 Å². The van der Waals surface area contributed by atoms with Gasteiger partial charge in [-0.25, -0.2) is 0 Å². The third-order valence-corrected chi connectivity index (χ3v) is 5.93. The van der Waals surface area contributed by atoms with Crippen molar-refractivity contribution in [1.29, 1.82) is 0 Å². The number of carbonyl (C=O) groups is 2. The summed E-state index contributed by atoms with van der Waals surface area (Å²) in [5.41, 5.74) is 0.621. The second-order valence-corrected chi connectivity index (χ2v) is 8.31. The van der Waals surface area contributed by atoms with E-state index in [0.717, 1.165) is 51.6 Å². The molecular formula is C20H26Cl2N2O2. The number of nitrogens with zero attached hydrogens (tertiary/aromatic N) is 1. The number of anilines is 1. The normalized spacial score (nSPS) is 24.0. The number of rotatable bonds is 3. The summed E-state index contributed by atoms with van der Waals surface area (Å²) in [7, 11) is 0. The van der Waals surface area contributed by atoms with E-state index in [1.165, 1.54) is 12.8 Å². The van der Waals surface area contributed by atoms with Crippen molar-refractivity contribution in [2.24, 2.45) is 11.8 Å². The van der Waals surface area contributed by atoms with Gasteiger partial charge in [-0.1, -0.05) is 36.0 Å². The Labute approximate surface area is 165 Å². The minimum Gasteiger partial charge on any atom is -0.342 e. The molecule has 2 fully saturated rings. The van der Waals surface area contributed by atoms with Gasteiger partial charge in [0.05, 0.1) is 0 Å². The summed E-state index contributed by atoms with van der Waals surface area (Å²) in [6.07, 6.45) is 7.79. The fraction of sp³-hybridized carbons (Fsp3) is 0.600. The summed E-state index contributed by atoms with van der Waals surface area (Å²) in [6.45, 7) is 1.80. The van der Waals surface area contributed by atoms with E-state index in [1.807, 2.05) is 4.90 Å². The number of benzene rings is 1. The van der Waals surface area contributed by atoms with Gasteiger partial charge in [0.15, 0.2) is 0 Å². The maximum Gasteiger partial charge on any atom is 0.227 e. The molecule has 142 valence electrons. The molecule has 26 heavy (non-hydrogen) atoms. The Hall–Kier alpha value is -1.26. The Morgan fingerprint density at radius 1 is 0.846 bits per heavy atom. The van der Waals surface area contributed by atoms with Gasteiger partial charge in [-0.3, -0.25) is 9.59 Å². The van der Waals surface area contributed by atoms with Crippen molar-refractivity contribution in [1.82, 2.24) is 4.90 Å². The molecule has 1 N–H and O–H groups in total. The van der Waals surface area contributed by atoms with E-state index < -0.39 is 0 Å². The smallest absolute Gasteiger partial charge is 0.227 e. The second kappa shape index (κ2) is 9.09. The van der Waals surface area contributed by atoms with Crippen LogP contribution in [-0.4, -0.2) is 29.8 Å². The highest BCUT2D eigenvalue weighted by Crippen LogP contribution is 2.32. The van der Waals surface area contributed by atoms with Gasteiger partial charge in [-0.2, -0.15) is 0 Å². The van der Waals surface area contributed by atoms with E-state index >= 15 is 0 Å². The van der Waals surface area contributed by atoms with Crippen molar-refractivity contribution in [2.45, 2.75) is 51.4 Å². The third kappa shape index (κ3) is 5.14. The molecule has 1 aromatic rings. The molecule has 1 aliphatic heterocycles. The molecule has 1 aromatic carbocycles. The summed E-state index contributed by atoms with van der Waals surface area (Å²) in [5.74, 6) is 0.315. The van der Waals surface area contributed by atoms with Crippen LogP contribution in [0.4, 0.5) is 5.69 Å². The number of halogens is 2.